The third kappa shape index (κ3) is 2.17. The molecule has 0 amide bonds. The van der Waals surface area contributed by atoms with E-state index >= 15 is 0 Å². The Morgan fingerprint density at radius 3 is 2.76 bits per heavy atom. The number of ether oxygens (including phenoxy) is 1. The molecule has 17 heavy (non-hydrogen) atoms. The number of pyridine rings is 1. The van der Waals surface area contributed by atoms with E-state index in [9.17, 15) is 14.0 Å². The summed E-state index contributed by atoms with van der Waals surface area (Å²) < 4.78 is 18.2. The molecule has 88 valence electrons. The van der Waals surface area contributed by atoms with Gasteiger partial charge >= 0.3 is 5.97 Å². The van der Waals surface area contributed by atoms with Crippen molar-refractivity contribution >= 4 is 39.5 Å². The number of halogens is 2. The second-order valence-corrected chi connectivity index (χ2v) is 4.51. The molecule has 0 fully saturated rings. The Morgan fingerprint density at radius 2 is 2.12 bits per heavy atom. The van der Waals surface area contributed by atoms with E-state index in [0.29, 0.717) is 9.09 Å². The van der Waals surface area contributed by atoms with Gasteiger partial charge in [-0.2, -0.15) is 0 Å². The van der Waals surface area contributed by atoms with Crippen molar-refractivity contribution in [2.75, 3.05) is 7.11 Å². The van der Waals surface area contributed by atoms with Gasteiger partial charge in [-0.1, -0.05) is 0 Å². The number of nitrogens with one attached hydrogen (secondary N) is 1. The highest BCUT2D eigenvalue weighted by molar-refractivity contribution is 14.1. The predicted octanol–water partition coefficient (Wildman–Crippen LogP) is 2.06. The van der Waals surface area contributed by atoms with Gasteiger partial charge in [-0.25, -0.2) is 9.18 Å². The summed E-state index contributed by atoms with van der Waals surface area (Å²) in [5.41, 5.74) is 0.0611. The molecule has 1 aromatic heterocycles. The maximum atomic E-state index is 13.2. The predicted molar refractivity (Wildman–Crippen MR) is 68.6 cm³/mol. The lowest BCUT2D eigenvalue weighted by atomic mass is 10.2. The molecule has 0 aliphatic heterocycles. The zero-order valence-electron chi connectivity index (χ0n) is 8.71. The zero-order chi connectivity index (χ0) is 12.6. The highest BCUT2D eigenvalue weighted by Crippen LogP contribution is 2.18. The summed E-state index contributed by atoms with van der Waals surface area (Å²) in [4.78, 5) is 25.8. The first kappa shape index (κ1) is 12.0. The van der Waals surface area contributed by atoms with Crippen LogP contribution >= 0.6 is 22.6 Å². The van der Waals surface area contributed by atoms with Crippen LogP contribution in [0.5, 0.6) is 0 Å². The fourth-order valence-electron chi connectivity index (χ4n) is 1.49. The second-order valence-electron chi connectivity index (χ2n) is 3.35. The molecular formula is C11H7FINO3. The third-order valence-corrected chi connectivity index (χ3v) is 3.11. The van der Waals surface area contributed by atoms with E-state index in [0.717, 1.165) is 12.1 Å². The summed E-state index contributed by atoms with van der Waals surface area (Å²) >= 11 is 1.89. The average Bonchev–Trinajstić information content (AvgIpc) is 2.29. The molecule has 1 N–H and O–H groups in total. The Balaban J connectivity index is 2.82. The van der Waals surface area contributed by atoms with Crippen LogP contribution in [0.3, 0.4) is 0 Å². The molecule has 0 saturated carbocycles. The Kier molecular flexibility index (Phi) is 3.14. The average molecular weight is 347 g/mol. The lowest BCUT2D eigenvalue weighted by molar-refractivity contribution is 0.0594. The van der Waals surface area contributed by atoms with Crippen molar-refractivity contribution < 1.29 is 13.9 Å². The van der Waals surface area contributed by atoms with Crippen molar-refractivity contribution in [3.05, 3.63) is 43.5 Å². The zero-order valence-corrected chi connectivity index (χ0v) is 10.9. The first-order valence-electron chi connectivity index (χ1n) is 4.63. The van der Waals surface area contributed by atoms with E-state index in [-0.39, 0.29) is 11.1 Å². The van der Waals surface area contributed by atoms with Gasteiger partial charge in [0, 0.05) is 15.0 Å². The fraction of sp³-hybridized carbons (Fsp3) is 0.0909. The summed E-state index contributed by atoms with van der Waals surface area (Å²) in [7, 11) is 1.22. The van der Waals surface area contributed by atoms with Gasteiger partial charge in [0.15, 0.2) is 5.43 Å². The van der Waals surface area contributed by atoms with Gasteiger partial charge in [-0.05, 0) is 34.7 Å². The lowest BCUT2D eigenvalue weighted by Crippen LogP contribution is -2.12. The van der Waals surface area contributed by atoms with Gasteiger partial charge in [-0.3, -0.25) is 4.79 Å². The number of carbonyl (C=O) groups is 1. The van der Waals surface area contributed by atoms with E-state index in [1.165, 1.54) is 13.2 Å². The smallest absolute Gasteiger partial charge is 0.354 e. The number of hydrogen-bond donors (Lipinski definition) is 1. The molecule has 0 spiro atoms. The molecule has 6 heteroatoms. The van der Waals surface area contributed by atoms with Crippen molar-refractivity contribution in [3.63, 3.8) is 0 Å². The number of H-pyrrole nitrogens is 1. The Labute approximate surface area is 109 Å². The summed E-state index contributed by atoms with van der Waals surface area (Å²) in [5, 5.41) is 0.210. The number of fused-ring (bicyclic) bond motifs is 1. The summed E-state index contributed by atoms with van der Waals surface area (Å²) in [5.74, 6) is -1.12. The summed E-state index contributed by atoms with van der Waals surface area (Å²) in [6.45, 7) is 0. The molecule has 2 aromatic rings. The van der Waals surface area contributed by atoms with Gasteiger partial charge in [0.1, 0.15) is 11.5 Å². The van der Waals surface area contributed by atoms with E-state index < -0.39 is 17.2 Å². The Hall–Kier alpha value is -1.44. The van der Waals surface area contributed by atoms with Gasteiger partial charge in [0.25, 0.3) is 0 Å². The lowest BCUT2D eigenvalue weighted by Gasteiger charge is -2.04. The SMILES string of the molecule is COC(=O)c1cc(=O)c2cc(F)cc(I)c2[nH]1. The van der Waals surface area contributed by atoms with Crippen LogP contribution in [0.4, 0.5) is 4.39 Å². The quantitative estimate of drug-likeness (QED) is 0.635. The minimum atomic E-state index is -0.635. The van der Waals surface area contributed by atoms with Crippen LogP contribution in [0.25, 0.3) is 10.9 Å². The molecule has 1 heterocycles. The largest absolute Gasteiger partial charge is 0.464 e. The number of rotatable bonds is 1. The number of methoxy groups -OCH3 is 1. The molecular weight excluding hydrogens is 340 g/mol. The van der Waals surface area contributed by atoms with Gasteiger partial charge in [0.05, 0.1) is 12.6 Å². The minimum Gasteiger partial charge on any atom is -0.464 e. The first-order valence-corrected chi connectivity index (χ1v) is 5.71. The summed E-state index contributed by atoms with van der Waals surface area (Å²) in [6, 6.07) is 3.51. The van der Waals surface area contributed by atoms with Crippen LogP contribution in [0.15, 0.2) is 23.0 Å². The van der Waals surface area contributed by atoms with Gasteiger partial charge in [-0.15, -0.1) is 0 Å². The molecule has 0 atom stereocenters. The molecule has 0 aliphatic rings. The highest BCUT2D eigenvalue weighted by atomic mass is 127. The van der Waals surface area contributed by atoms with Crippen molar-refractivity contribution in [2.45, 2.75) is 0 Å². The van der Waals surface area contributed by atoms with Crippen LogP contribution in [0.2, 0.25) is 0 Å². The number of benzene rings is 1. The van der Waals surface area contributed by atoms with Crippen LogP contribution in [-0.4, -0.2) is 18.1 Å². The van der Waals surface area contributed by atoms with Crippen molar-refractivity contribution in [3.8, 4) is 0 Å². The molecule has 0 aliphatic carbocycles. The van der Waals surface area contributed by atoms with Crippen LogP contribution in [0, 0.1) is 9.39 Å². The maximum absolute atomic E-state index is 13.2. The number of aromatic amines is 1. The van der Waals surface area contributed by atoms with E-state index in [1.54, 1.807) is 0 Å². The standard InChI is InChI=1S/C11H7FINO3/c1-17-11(16)8-4-9(15)6-2-5(12)3-7(13)10(6)14-8/h2-4H,1H3,(H,14,15). The van der Waals surface area contributed by atoms with E-state index in [2.05, 4.69) is 9.72 Å². The monoisotopic (exact) mass is 347 g/mol. The molecule has 1 aromatic carbocycles. The molecule has 0 bridgehead atoms. The van der Waals surface area contributed by atoms with E-state index in [4.69, 9.17) is 0 Å². The van der Waals surface area contributed by atoms with Gasteiger partial charge in [0.2, 0.25) is 0 Å². The van der Waals surface area contributed by atoms with Crippen LogP contribution in [0.1, 0.15) is 10.5 Å². The molecule has 0 unspecified atom stereocenters. The Morgan fingerprint density at radius 1 is 1.41 bits per heavy atom. The maximum Gasteiger partial charge on any atom is 0.354 e. The van der Waals surface area contributed by atoms with Gasteiger partial charge < -0.3 is 9.72 Å². The molecule has 4 nitrogen and oxygen atoms in total. The number of hydrogen-bond acceptors (Lipinski definition) is 3. The van der Waals surface area contributed by atoms with E-state index in [1.807, 2.05) is 22.6 Å². The Bertz CT molecular complexity index is 666. The van der Waals surface area contributed by atoms with Crippen LogP contribution in [-0.2, 0) is 4.74 Å². The highest BCUT2D eigenvalue weighted by Gasteiger charge is 2.12. The second kappa shape index (κ2) is 4.44. The molecule has 0 radical (unpaired) electrons. The van der Waals surface area contributed by atoms with Crippen molar-refractivity contribution in [1.29, 1.82) is 0 Å². The van der Waals surface area contributed by atoms with Crippen molar-refractivity contribution in [2.24, 2.45) is 0 Å². The normalized spacial score (nSPS) is 10.5. The first-order chi connectivity index (χ1) is 8.02. The topological polar surface area (TPSA) is 59.2 Å². The minimum absolute atomic E-state index is 0.0505. The van der Waals surface area contributed by atoms with Crippen molar-refractivity contribution in [1.82, 2.24) is 4.98 Å². The van der Waals surface area contributed by atoms with Crippen LogP contribution < -0.4 is 5.43 Å². The number of aromatic nitrogens is 1. The third-order valence-electron chi connectivity index (χ3n) is 2.26. The summed E-state index contributed by atoms with van der Waals surface area (Å²) in [6.07, 6.45) is 0. The number of carbonyl (C=O) groups excluding carboxylic acids is 1. The fourth-order valence-corrected chi connectivity index (χ4v) is 2.22. The molecule has 0 saturated heterocycles. The molecule has 2 rings (SSSR count). The number of esters is 1.